The molecular formula is C24H42O21. The Hall–Kier alpha value is -0.840. The Labute approximate surface area is 254 Å². The van der Waals surface area contributed by atoms with Gasteiger partial charge in [-0.1, -0.05) is 0 Å². The standard InChI is InChI=1S/C24H42O21/c25-1-5-9(27)13(31)17(35)22(42-5)40-4-8-20(45-24-18(36)14(32)10(28)6(2-26)43-24)15(33)19(37)23(44-8)39-3-7-11(29)12(30)16(34)21(38)41-7/h5-38H,1-4H2/t5-,6-,7-,8-,9-,10-,11-,12+,13+,14-,15-,16-,17-,18-,19-,20-,21+,22-,23+,24-/m1/s1. The van der Waals surface area contributed by atoms with E-state index in [-0.39, 0.29) is 0 Å². The van der Waals surface area contributed by atoms with Crippen LogP contribution < -0.4 is 0 Å². The van der Waals surface area contributed by atoms with Gasteiger partial charge in [-0.05, 0) is 0 Å². The van der Waals surface area contributed by atoms with Crippen LogP contribution in [0, 0.1) is 0 Å². The molecule has 0 aromatic heterocycles. The smallest absolute Gasteiger partial charge is 0.187 e. The van der Waals surface area contributed by atoms with E-state index in [0.717, 1.165) is 0 Å². The lowest BCUT2D eigenvalue weighted by Crippen LogP contribution is -2.65. The third-order valence-electron chi connectivity index (χ3n) is 8.17. The SMILES string of the molecule is OC[C@H]1O[C@@H](OC[C@H]2O[C@H](OC[C@H]3O[C@H](O)[C@H](O)[C@@H](O)[C@@H]3O)[C@H](O)[C@@H](O)[C@@H]2O[C@H]2O[C@H](CO)[C@@H](O)[C@@H](O)[C@H]2O)[C@H](O)[C@@H](O)[C@@H]1O. The molecule has 0 saturated carbocycles. The van der Waals surface area contributed by atoms with E-state index in [9.17, 15) is 71.5 Å². The van der Waals surface area contributed by atoms with Gasteiger partial charge < -0.3 is 105 Å². The molecule has 0 aromatic carbocycles. The number of aliphatic hydroxyl groups is 14. The minimum atomic E-state index is -1.98. The van der Waals surface area contributed by atoms with Crippen LogP contribution in [0.5, 0.6) is 0 Å². The lowest BCUT2D eigenvalue weighted by Gasteiger charge is -2.47. The summed E-state index contributed by atoms with van der Waals surface area (Å²) < 4.78 is 37.9. The molecular weight excluding hydrogens is 624 g/mol. The van der Waals surface area contributed by atoms with Crippen molar-refractivity contribution < 1.29 is 105 Å². The van der Waals surface area contributed by atoms with Crippen LogP contribution in [0.4, 0.5) is 0 Å². The highest BCUT2D eigenvalue weighted by Crippen LogP contribution is 2.31. The Morgan fingerprint density at radius 1 is 0.378 bits per heavy atom. The van der Waals surface area contributed by atoms with Crippen molar-refractivity contribution in [2.24, 2.45) is 0 Å². The topological polar surface area (TPSA) is 348 Å². The summed E-state index contributed by atoms with van der Waals surface area (Å²) in [6.45, 7) is -2.99. The molecule has 14 N–H and O–H groups in total. The molecule has 0 spiro atoms. The van der Waals surface area contributed by atoms with Crippen molar-refractivity contribution in [2.45, 2.75) is 123 Å². The number of aliphatic hydroxyl groups excluding tert-OH is 14. The molecule has 4 heterocycles. The summed E-state index contributed by atoms with van der Waals surface area (Å²) >= 11 is 0. The summed E-state index contributed by atoms with van der Waals surface area (Å²) in [5.41, 5.74) is 0. The van der Waals surface area contributed by atoms with Crippen LogP contribution in [0.1, 0.15) is 0 Å². The van der Waals surface area contributed by atoms with Gasteiger partial charge in [0.15, 0.2) is 25.2 Å². The van der Waals surface area contributed by atoms with Gasteiger partial charge in [0.1, 0.15) is 97.7 Å². The fourth-order valence-electron chi connectivity index (χ4n) is 5.33. The predicted octanol–water partition coefficient (Wildman–Crippen LogP) is -9.75. The maximum atomic E-state index is 11.0. The van der Waals surface area contributed by atoms with Gasteiger partial charge in [0.2, 0.25) is 0 Å². The van der Waals surface area contributed by atoms with Gasteiger partial charge >= 0.3 is 0 Å². The van der Waals surface area contributed by atoms with Crippen LogP contribution in [0.3, 0.4) is 0 Å². The lowest BCUT2D eigenvalue weighted by atomic mass is 9.96. The van der Waals surface area contributed by atoms with E-state index in [1.54, 1.807) is 0 Å². The largest absolute Gasteiger partial charge is 0.394 e. The molecule has 4 saturated heterocycles. The highest BCUT2D eigenvalue weighted by atomic mass is 16.8. The normalized spacial score (nSPS) is 52.9. The molecule has 21 heteroatoms. The first-order chi connectivity index (χ1) is 21.2. The average molecular weight is 667 g/mol. The third-order valence-corrected chi connectivity index (χ3v) is 8.17. The summed E-state index contributed by atoms with van der Waals surface area (Å²) in [6.07, 6.45) is -35.0. The molecule has 0 amide bonds. The molecule has 4 aliphatic heterocycles. The number of rotatable bonds is 10. The van der Waals surface area contributed by atoms with E-state index in [2.05, 4.69) is 0 Å². The van der Waals surface area contributed by atoms with Crippen molar-refractivity contribution in [2.75, 3.05) is 26.4 Å². The van der Waals surface area contributed by atoms with Gasteiger partial charge in [0.25, 0.3) is 0 Å². The summed E-state index contributed by atoms with van der Waals surface area (Å²) in [6, 6.07) is 0. The predicted molar refractivity (Wildman–Crippen MR) is 134 cm³/mol. The maximum absolute atomic E-state index is 11.0. The molecule has 20 atom stereocenters. The number of ether oxygens (including phenoxy) is 7. The van der Waals surface area contributed by atoms with Crippen LogP contribution in [-0.2, 0) is 33.2 Å². The summed E-state index contributed by atoms with van der Waals surface area (Å²) in [5, 5.41) is 141. The molecule has 0 aliphatic carbocycles. The van der Waals surface area contributed by atoms with E-state index >= 15 is 0 Å². The Morgan fingerprint density at radius 3 is 1.31 bits per heavy atom. The van der Waals surface area contributed by atoms with E-state index in [1.165, 1.54) is 0 Å². The van der Waals surface area contributed by atoms with Crippen LogP contribution in [0.2, 0.25) is 0 Å². The van der Waals surface area contributed by atoms with Gasteiger partial charge in [-0.25, -0.2) is 0 Å². The van der Waals surface area contributed by atoms with Crippen molar-refractivity contribution in [3.05, 3.63) is 0 Å². The Morgan fingerprint density at radius 2 is 0.778 bits per heavy atom. The van der Waals surface area contributed by atoms with Gasteiger partial charge in [-0.15, -0.1) is 0 Å². The lowest BCUT2D eigenvalue weighted by molar-refractivity contribution is -0.370. The third kappa shape index (κ3) is 7.75. The maximum Gasteiger partial charge on any atom is 0.187 e. The van der Waals surface area contributed by atoms with Gasteiger partial charge in [0, 0.05) is 0 Å². The van der Waals surface area contributed by atoms with Crippen molar-refractivity contribution in [1.29, 1.82) is 0 Å². The molecule has 21 nitrogen and oxygen atoms in total. The quantitative estimate of drug-likeness (QED) is 0.103. The van der Waals surface area contributed by atoms with Crippen LogP contribution in [-0.4, -0.2) is 221 Å². The first kappa shape index (κ1) is 37.0. The van der Waals surface area contributed by atoms with E-state index in [1.807, 2.05) is 0 Å². The molecule has 4 rings (SSSR count). The van der Waals surface area contributed by atoms with Crippen LogP contribution in [0.15, 0.2) is 0 Å². The zero-order valence-electron chi connectivity index (χ0n) is 23.5. The molecule has 4 aliphatic rings. The summed E-state index contributed by atoms with van der Waals surface area (Å²) in [7, 11) is 0. The van der Waals surface area contributed by atoms with Crippen molar-refractivity contribution in [3.8, 4) is 0 Å². The van der Waals surface area contributed by atoms with E-state index in [4.69, 9.17) is 33.2 Å². The highest BCUT2D eigenvalue weighted by molar-refractivity contribution is 4.96. The Balaban J connectivity index is 1.51. The van der Waals surface area contributed by atoms with Crippen molar-refractivity contribution in [1.82, 2.24) is 0 Å². The second-order valence-electron chi connectivity index (χ2n) is 11.2. The molecule has 0 radical (unpaired) electrons. The zero-order chi connectivity index (χ0) is 33.3. The van der Waals surface area contributed by atoms with Gasteiger partial charge in [0.05, 0.1) is 26.4 Å². The Kier molecular flexibility index (Phi) is 12.8. The molecule has 264 valence electrons. The molecule has 0 aromatic rings. The Bertz CT molecular complexity index is 914. The summed E-state index contributed by atoms with van der Waals surface area (Å²) in [4.78, 5) is 0. The van der Waals surface area contributed by atoms with E-state index < -0.39 is 149 Å². The van der Waals surface area contributed by atoms with Crippen molar-refractivity contribution in [3.63, 3.8) is 0 Å². The minimum absolute atomic E-state index is 0.686. The van der Waals surface area contributed by atoms with Crippen molar-refractivity contribution >= 4 is 0 Å². The number of hydrogen-bond donors (Lipinski definition) is 14. The second kappa shape index (κ2) is 15.6. The fraction of sp³-hybridized carbons (Fsp3) is 1.00. The van der Waals surface area contributed by atoms with Crippen LogP contribution >= 0.6 is 0 Å². The first-order valence-electron chi connectivity index (χ1n) is 14.1. The van der Waals surface area contributed by atoms with E-state index in [0.29, 0.717) is 0 Å². The van der Waals surface area contributed by atoms with Crippen LogP contribution in [0.25, 0.3) is 0 Å². The monoisotopic (exact) mass is 666 g/mol. The average Bonchev–Trinajstić information content (AvgIpc) is 3.03. The zero-order valence-corrected chi connectivity index (χ0v) is 23.5. The van der Waals surface area contributed by atoms with Gasteiger partial charge in [-0.3, -0.25) is 0 Å². The molecule has 0 unspecified atom stereocenters. The fourth-order valence-corrected chi connectivity index (χ4v) is 5.33. The number of hydrogen-bond acceptors (Lipinski definition) is 21. The van der Waals surface area contributed by atoms with Gasteiger partial charge in [-0.2, -0.15) is 0 Å². The first-order valence-corrected chi connectivity index (χ1v) is 14.1. The molecule has 45 heavy (non-hydrogen) atoms. The minimum Gasteiger partial charge on any atom is -0.394 e. The molecule has 4 fully saturated rings. The second-order valence-corrected chi connectivity index (χ2v) is 11.2. The highest BCUT2D eigenvalue weighted by Gasteiger charge is 2.52. The summed E-state index contributed by atoms with van der Waals surface area (Å²) in [5.74, 6) is 0. The molecule has 0 bridgehead atoms.